The first-order valence-corrected chi connectivity index (χ1v) is 8.32. The molecule has 1 aromatic heterocycles. The monoisotopic (exact) mass is 330 g/mol. The summed E-state index contributed by atoms with van der Waals surface area (Å²) in [7, 11) is 0. The minimum atomic E-state index is -0.502. The number of rotatable bonds is 7. The van der Waals surface area contributed by atoms with E-state index >= 15 is 0 Å². The molecule has 6 heteroatoms. The Hall–Kier alpha value is -2.21. The van der Waals surface area contributed by atoms with Crippen molar-refractivity contribution in [3.8, 4) is 0 Å². The maximum Gasteiger partial charge on any atom is 0.241 e. The van der Waals surface area contributed by atoms with Gasteiger partial charge in [-0.25, -0.2) is 4.39 Å². The van der Waals surface area contributed by atoms with Gasteiger partial charge in [0.2, 0.25) is 5.91 Å². The first kappa shape index (κ1) is 16.6. The maximum absolute atomic E-state index is 13.2. The fraction of sp³-hybridized carbons (Fsp3) is 0.444. The van der Waals surface area contributed by atoms with Crippen LogP contribution in [0.25, 0.3) is 0 Å². The summed E-state index contributed by atoms with van der Waals surface area (Å²) in [4.78, 5) is 12.6. The average molecular weight is 330 g/mol. The fourth-order valence-electron chi connectivity index (χ4n) is 2.68. The second kappa shape index (κ2) is 7.13. The molecule has 1 aliphatic rings. The minimum absolute atomic E-state index is 0.0318. The first-order valence-electron chi connectivity index (χ1n) is 8.32. The lowest BCUT2D eigenvalue weighted by Gasteiger charge is -2.23. The number of aryl methyl sites for hydroxylation is 1. The van der Waals surface area contributed by atoms with Crippen LogP contribution in [0.2, 0.25) is 0 Å². The molecular formula is C18H23FN4O. The van der Waals surface area contributed by atoms with E-state index in [1.165, 1.54) is 12.1 Å². The molecule has 0 unspecified atom stereocenters. The Balaban J connectivity index is 1.70. The van der Waals surface area contributed by atoms with Crippen LogP contribution >= 0.6 is 0 Å². The van der Waals surface area contributed by atoms with Crippen molar-refractivity contribution in [3.63, 3.8) is 0 Å². The van der Waals surface area contributed by atoms with Gasteiger partial charge in [-0.15, -0.1) is 0 Å². The van der Waals surface area contributed by atoms with Crippen LogP contribution in [0, 0.1) is 12.7 Å². The van der Waals surface area contributed by atoms with Gasteiger partial charge in [0.25, 0.3) is 0 Å². The third kappa shape index (κ3) is 4.41. The Morgan fingerprint density at radius 3 is 2.67 bits per heavy atom. The number of nitrogens with one attached hydrogen (secondary N) is 2. The van der Waals surface area contributed by atoms with E-state index in [4.69, 9.17) is 0 Å². The summed E-state index contributed by atoms with van der Waals surface area (Å²) in [5, 5.41) is 10.6. The van der Waals surface area contributed by atoms with Crippen LogP contribution in [-0.4, -0.2) is 27.8 Å². The summed E-state index contributed by atoms with van der Waals surface area (Å²) in [6.07, 6.45) is 5.84. The first-order chi connectivity index (χ1) is 11.5. The maximum atomic E-state index is 13.2. The van der Waals surface area contributed by atoms with Gasteiger partial charge in [-0.3, -0.25) is 14.8 Å². The van der Waals surface area contributed by atoms with Gasteiger partial charge in [0.15, 0.2) is 0 Å². The third-order valence-electron chi connectivity index (χ3n) is 4.06. The molecule has 1 amide bonds. The van der Waals surface area contributed by atoms with Gasteiger partial charge in [-0.1, -0.05) is 12.1 Å². The highest BCUT2D eigenvalue weighted by atomic mass is 19.1. The molecule has 128 valence electrons. The van der Waals surface area contributed by atoms with Crippen LogP contribution < -0.4 is 10.6 Å². The van der Waals surface area contributed by atoms with E-state index in [2.05, 4.69) is 15.7 Å². The molecule has 0 bridgehead atoms. The minimum Gasteiger partial charge on any atom is -0.352 e. The fourth-order valence-corrected chi connectivity index (χ4v) is 2.68. The predicted octanol–water partition coefficient (Wildman–Crippen LogP) is 2.33. The van der Waals surface area contributed by atoms with E-state index in [0.717, 1.165) is 24.0 Å². The van der Waals surface area contributed by atoms with Crippen molar-refractivity contribution in [2.45, 2.75) is 51.4 Å². The smallest absolute Gasteiger partial charge is 0.241 e. The van der Waals surface area contributed by atoms with Crippen LogP contribution in [0.15, 0.2) is 36.7 Å². The Labute approximate surface area is 141 Å². The number of benzene rings is 1. The van der Waals surface area contributed by atoms with Crippen molar-refractivity contribution in [2.24, 2.45) is 0 Å². The molecule has 1 aliphatic carbocycles. The molecule has 2 aromatic rings. The van der Waals surface area contributed by atoms with Crippen molar-refractivity contribution in [1.29, 1.82) is 0 Å². The molecule has 1 fully saturated rings. The van der Waals surface area contributed by atoms with Gasteiger partial charge < -0.3 is 5.32 Å². The lowest BCUT2D eigenvalue weighted by atomic mass is 10.0. The summed E-state index contributed by atoms with van der Waals surface area (Å²) >= 11 is 0. The van der Waals surface area contributed by atoms with E-state index in [0.29, 0.717) is 6.54 Å². The highest BCUT2D eigenvalue weighted by Crippen LogP contribution is 2.22. The summed E-state index contributed by atoms with van der Waals surface area (Å²) in [6, 6.07) is 5.90. The summed E-state index contributed by atoms with van der Waals surface area (Å²) in [5.41, 5.74) is 1.86. The number of carbonyl (C=O) groups is 1. The van der Waals surface area contributed by atoms with Crippen molar-refractivity contribution < 1.29 is 9.18 Å². The normalized spacial score (nSPS) is 16.6. The van der Waals surface area contributed by atoms with Crippen LogP contribution in [0.5, 0.6) is 0 Å². The molecule has 3 rings (SSSR count). The van der Waals surface area contributed by atoms with Crippen LogP contribution in [0.3, 0.4) is 0 Å². The lowest BCUT2D eigenvalue weighted by molar-refractivity contribution is -0.123. The Bertz CT molecular complexity index is 693. The van der Waals surface area contributed by atoms with E-state index in [1.807, 2.05) is 30.9 Å². The molecule has 2 atom stereocenters. The molecule has 0 saturated heterocycles. The van der Waals surface area contributed by atoms with Gasteiger partial charge in [-0.05, 0) is 49.9 Å². The molecule has 24 heavy (non-hydrogen) atoms. The second-order valence-electron chi connectivity index (χ2n) is 6.57. The lowest BCUT2D eigenvalue weighted by Crippen LogP contribution is -2.43. The molecule has 0 aliphatic heterocycles. The SMILES string of the molecule is Cc1cnn(C[C@H](C)N[C@H](C(=O)NC2CC2)c2ccc(F)cc2)c1. The van der Waals surface area contributed by atoms with Crippen LogP contribution in [0.4, 0.5) is 4.39 Å². The van der Waals surface area contributed by atoms with Crippen molar-refractivity contribution in [1.82, 2.24) is 20.4 Å². The standard InChI is InChI=1S/C18H23FN4O/c1-12-9-20-23(10-12)11-13(2)21-17(18(24)22-16-7-8-16)14-3-5-15(19)6-4-14/h3-6,9-10,13,16-17,21H,7-8,11H2,1-2H3,(H,22,24)/t13-,17-/m0/s1. The van der Waals surface area contributed by atoms with Gasteiger partial charge in [0.05, 0.1) is 12.7 Å². The molecule has 1 aromatic carbocycles. The van der Waals surface area contributed by atoms with E-state index in [1.54, 1.807) is 12.1 Å². The molecular weight excluding hydrogens is 307 g/mol. The molecule has 1 saturated carbocycles. The summed E-state index contributed by atoms with van der Waals surface area (Å²) in [6.45, 7) is 4.66. The number of hydrogen-bond donors (Lipinski definition) is 2. The molecule has 1 heterocycles. The van der Waals surface area contributed by atoms with Gasteiger partial charge in [0, 0.05) is 18.3 Å². The third-order valence-corrected chi connectivity index (χ3v) is 4.06. The van der Waals surface area contributed by atoms with Crippen molar-refractivity contribution in [3.05, 3.63) is 53.6 Å². The topological polar surface area (TPSA) is 59.0 Å². The summed E-state index contributed by atoms with van der Waals surface area (Å²) in [5.74, 6) is -0.368. The number of carbonyl (C=O) groups excluding carboxylic acids is 1. The zero-order chi connectivity index (χ0) is 17.1. The Morgan fingerprint density at radius 2 is 2.08 bits per heavy atom. The van der Waals surface area contributed by atoms with Crippen molar-refractivity contribution >= 4 is 5.91 Å². The number of amides is 1. The highest BCUT2D eigenvalue weighted by Gasteiger charge is 2.29. The second-order valence-corrected chi connectivity index (χ2v) is 6.57. The van der Waals surface area contributed by atoms with Crippen LogP contribution in [-0.2, 0) is 11.3 Å². The Morgan fingerprint density at radius 1 is 1.38 bits per heavy atom. The molecule has 2 N–H and O–H groups in total. The number of nitrogens with zero attached hydrogens (tertiary/aromatic N) is 2. The van der Waals surface area contributed by atoms with E-state index < -0.39 is 6.04 Å². The van der Waals surface area contributed by atoms with E-state index in [-0.39, 0.29) is 23.8 Å². The van der Waals surface area contributed by atoms with Crippen LogP contribution in [0.1, 0.15) is 36.9 Å². The molecule has 5 nitrogen and oxygen atoms in total. The van der Waals surface area contributed by atoms with Crippen molar-refractivity contribution in [2.75, 3.05) is 0 Å². The quantitative estimate of drug-likeness (QED) is 0.819. The average Bonchev–Trinajstić information content (AvgIpc) is 3.26. The van der Waals surface area contributed by atoms with Gasteiger partial charge >= 0.3 is 0 Å². The summed E-state index contributed by atoms with van der Waals surface area (Å²) < 4.78 is 15.0. The number of aromatic nitrogens is 2. The number of hydrogen-bond acceptors (Lipinski definition) is 3. The zero-order valence-corrected chi connectivity index (χ0v) is 14.0. The van der Waals surface area contributed by atoms with Gasteiger partial charge in [-0.2, -0.15) is 5.10 Å². The predicted molar refractivity (Wildman–Crippen MR) is 89.9 cm³/mol. The molecule has 0 radical (unpaired) electrons. The molecule has 0 spiro atoms. The Kier molecular flexibility index (Phi) is 4.94. The van der Waals surface area contributed by atoms with Gasteiger partial charge in [0.1, 0.15) is 11.9 Å². The zero-order valence-electron chi connectivity index (χ0n) is 14.0. The van der Waals surface area contributed by atoms with E-state index in [9.17, 15) is 9.18 Å². The highest BCUT2D eigenvalue weighted by molar-refractivity contribution is 5.83. The largest absolute Gasteiger partial charge is 0.352 e. The number of halogens is 1.